The molecule has 2 aromatic carbocycles. The van der Waals surface area contributed by atoms with E-state index in [1.807, 2.05) is 30.3 Å². The number of dihydropyridines is 1. The average molecular weight is 345 g/mol. The Morgan fingerprint density at radius 1 is 1.09 bits per heavy atom. The Balaban J connectivity index is 1.90. The number of carbonyl (C=O) groups is 1. The van der Waals surface area contributed by atoms with E-state index in [-0.39, 0.29) is 5.91 Å². The van der Waals surface area contributed by atoms with Crippen molar-refractivity contribution in [1.29, 1.82) is 0 Å². The van der Waals surface area contributed by atoms with Crippen molar-refractivity contribution in [2.45, 2.75) is 5.00 Å². The van der Waals surface area contributed by atoms with Gasteiger partial charge >= 0.3 is 0 Å². The maximum absolute atomic E-state index is 12.7. The smallest absolute Gasteiger partial charge is 0.235 e. The molecule has 0 saturated heterocycles. The molecule has 5 heteroatoms. The van der Waals surface area contributed by atoms with Crippen LogP contribution in [-0.4, -0.2) is 12.1 Å². The minimum absolute atomic E-state index is 0.214. The summed E-state index contributed by atoms with van der Waals surface area (Å²) in [5.74, 6) is -0.843. The van der Waals surface area contributed by atoms with Gasteiger partial charge in [-0.25, -0.2) is 0 Å². The second-order valence-corrected chi connectivity index (χ2v) is 6.19. The number of benzene rings is 2. The van der Waals surface area contributed by atoms with Gasteiger partial charge in [-0.15, -0.1) is 0 Å². The molecule has 1 amide bonds. The molecule has 0 radical (unpaired) electrons. The summed E-state index contributed by atoms with van der Waals surface area (Å²) in [6.07, 6.45) is 5.09. The molecule has 1 heterocycles. The quantitative estimate of drug-likeness (QED) is 0.640. The lowest BCUT2D eigenvalue weighted by molar-refractivity contribution is -0.119. The van der Waals surface area contributed by atoms with Crippen LogP contribution in [0.3, 0.4) is 0 Å². The number of carbonyl (C=O) groups excluding carboxylic acids is 1. The van der Waals surface area contributed by atoms with Crippen molar-refractivity contribution in [2.75, 3.05) is 5.32 Å². The molecule has 0 aromatic heterocycles. The van der Waals surface area contributed by atoms with Crippen LogP contribution in [0.2, 0.25) is 5.02 Å². The van der Waals surface area contributed by atoms with Crippen LogP contribution in [0, 0.1) is 5.92 Å². The third-order valence-corrected chi connectivity index (χ3v) is 4.44. The summed E-state index contributed by atoms with van der Waals surface area (Å²) in [4.78, 5) is 15.8. The molecular formula is C18H14Cl2N2O. The molecule has 3 nitrogen and oxygen atoms in total. The number of amides is 1. The van der Waals surface area contributed by atoms with E-state index in [1.165, 1.54) is 0 Å². The van der Waals surface area contributed by atoms with E-state index in [9.17, 15) is 4.79 Å². The van der Waals surface area contributed by atoms with Crippen molar-refractivity contribution in [3.05, 3.63) is 77.3 Å². The highest BCUT2D eigenvalue weighted by Crippen LogP contribution is 2.41. The molecule has 1 aliphatic rings. The SMILES string of the molecule is O=C(Nc1ccccc1)C1C=CC=NC1(Cl)c1ccc(Cl)cc1. The van der Waals surface area contributed by atoms with Gasteiger partial charge in [0, 0.05) is 16.9 Å². The van der Waals surface area contributed by atoms with Gasteiger partial charge in [-0.05, 0) is 35.9 Å². The summed E-state index contributed by atoms with van der Waals surface area (Å²) in [5, 5.41) is 3.48. The first-order valence-electron chi connectivity index (χ1n) is 7.12. The monoisotopic (exact) mass is 344 g/mol. The number of aliphatic imine (C=N–C) groups is 1. The fraction of sp³-hybridized carbons (Fsp3) is 0.111. The van der Waals surface area contributed by atoms with Crippen LogP contribution in [-0.2, 0) is 9.79 Å². The van der Waals surface area contributed by atoms with Crippen LogP contribution in [0.15, 0.2) is 71.7 Å². The number of nitrogens with one attached hydrogen (secondary N) is 1. The lowest BCUT2D eigenvalue weighted by Crippen LogP contribution is -2.37. The Morgan fingerprint density at radius 3 is 2.48 bits per heavy atom. The molecule has 2 atom stereocenters. The number of rotatable bonds is 3. The molecule has 2 unspecified atom stereocenters. The summed E-state index contributed by atoms with van der Waals surface area (Å²) in [5.41, 5.74) is 1.44. The second kappa shape index (κ2) is 6.57. The van der Waals surface area contributed by atoms with Crippen molar-refractivity contribution in [2.24, 2.45) is 10.9 Å². The molecule has 0 fully saturated rings. The molecule has 0 aliphatic carbocycles. The van der Waals surface area contributed by atoms with Crippen molar-refractivity contribution in [3.8, 4) is 0 Å². The highest BCUT2D eigenvalue weighted by Gasteiger charge is 2.42. The van der Waals surface area contributed by atoms with Gasteiger partial charge in [-0.2, -0.15) is 0 Å². The van der Waals surface area contributed by atoms with E-state index in [2.05, 4.69) is 10.3 Å². The lowest BCUT2D eigenvalue weighted by atomic mass is 9.90. The summed E-state index contributed by atoms with van der Waals surface area (Å²) < 4.78 is 0. The second-order valence-electron chi connectivity index (χ2n) is 5.18. The van der Waals surface area contributed by atoms with Crippen molar-refractivity contribution >= 4 is 41.0 Å². The minimum atomic E-state index is -1.18. The summed E-state index contributed by atoms with van der Waals surface area (Å²) in [6.45, 7) is 0. The summed E-state index contributed by atoms with van der Waals surface area (Å²) in [6, 6.07) is 16.3. The predicted octanol–water partition coefficient (Wildman–Crippen LogP) is 4.63. The number of halogens is 2. The van der Waals surface area contributed by atoms with Gasteiger partial charge in [0.1, 0.15) is 5.92 Å². The molecular weight excluding hydrogens is 331 g/mol. The molecule has 116 valence electrons. The van der Waals surface area contributed by atoms with Crippen molar-refractivity contribution < 1.29 is 4.79 Å². The van der Waals surface area contributed by atoms with E-state index >= 15 is 0 Å². The van der Waals surface area contributed by atoms with Gasteiger partial charge in [-0.1, -0.05) is 59.6 Å². The van der Waals surface area contributed by atoms with Gasteiger partial charge in [-0.3, -0.25) is 9.79 Å². The number of hydrogen-bond acceptors (Lipinski definition) is 2. The standard InChI is InChI=1S/C18H14Cl2N2O/c19-14-10-8-13(9-11-14)18(20)16(7-4-12-21-18)17(23)22-15-5-2-1-3-6-15/h1-12,16H,(H,22,23). The van der Waals surface area contributed by atoms with E-state index < -0.39 is 10.9 Å². The Morgan fingerprint density at radius 2 is 1.78 bits per heavy atom. The van der Waals surface area contributed by atoms with E-state index in [0.717, 1.165) is 11.3 Å². The zero-order valence-electron chi connectivity index (χ0n) is 12.1. The lowest BCUT2D eigenvalue weighted by Gasteiger charge is -2.31. The van der Waals surface area contributed by atoms with Crippen LogP contribution in [0.25, 0.3) is 0 Å². The van der Waals surface area contributed by atoms with Gasteiger partial charge in [0.25, 0.3) is 0 Å². The van der Waals surface area contributed by atoms with Crippen LogP contribution in [0.5, 0.6) is 0 Å². The number of anilines is 1. The Hall–Kier alpha value is -2.10. The van der Waals surface area contributed by atoms with E-state index in [4.69, 9.17) is 23.2 Å². The molecule has 3 rings (SSSR count). The number of nitrogens with zero attached hydrogens (tertiary/aromatic N) is 1. The molecule has 1 aliphatic heterocycles. The highest BCUT2D eigenvalue weighted by molar-refractivity contribution is 6.30. The number of alkyl halides is 1. The first-order chi connectivity index (χ1) is 11.1. The maximum Gasteiger partial charge on any atom is 0.235 e. The minimum Gasteiger partial charge on any atom is -0.325 e. The third-order valence-electron chi connectivity index (χ3n) is 3.64. The highest BCUT2D eigenvalue weighted by atomic mass is 35.5. The number of para-hydroxylation sites is 1. The Kier molecular flexibility index (Phi) is 4.51. The Bertz CT molecular complexity index is 756. The van der Waals surface area contributed by atoms with Gasteiger partial charge in [0.15, 0.2) is 5.00 Å². The summed E-state index contributed by atoms with van der Waals surface area (Å²) >= 11 is 12.7. The topological polar surface area (TPSA) is 41.5 Å². The first-order valence-corrected chi connectivity index (χ1v) is 7.88. The molecule has 23 heavy (non-hydrogen) atoms. The molecule has 0 bridgehead atoms. The third kappa shape index (κ3) is 3.31. The summed E-state index contributed by atoms with van der Waals surface area (Å²) in [7, 11) is 0. The fourth-order valence-electron chi connectivity index (χ4n) is 2.46. The maximum atomic E-state index is 12.7. The van der Waals surface area contributed by atoms with Crippen LogP contribution in [0.1, 0.15) is 5.56 Å². The molecule has 2 aromatic rings. The largest absolute Gasteiger partial charge is 0.325 e. The zero-order chi connectivity index (χ0) is 16.3. The van der Waals surface area contributed by atoms with Crippen LogP contribution < -0.4 is 5.32 Å². The van der Waals surface area contributed by atoms with E-state index in [1.54, 1.807) is 42.6 Å². The number of hydrogen-bond donors (Lipinski definition) is 1. The van der Waals surface area contributed by atoms with Crippen LogP contribution in [0.4, 0.5) is 5.69 Å². The number of allylic oxidation sites excluding steroid dienone is 1. The average Bonchev–Trinajstić information content (AvgIpc) is 2.56. The van der Waals surface area contributed by atoms with Crippen LogP contribution >= 0.6 is 23.2 Å². The zero-order valence-corrected chi connectivity index (χ0v) is 13.6. The first kappa shape index (κ1) is 15.8. The molecule has 1 N–H and O–H groups in total. The molecule has 0 saturated carbocycles. The molecule has 0 spiro atoms. The Labute approximate surface area is 144 Å². The van der Waals surface area contributed by atoms with Gasteiger partial charge in [0.05, 0.1) is 0 Å². The fourth-order valence-corrected chi connectivity index (χ4v) is 2.94. The van der Waals surface area contributed by atoms with E-state index in [0.29, 0.717) is 5.02 Å². The van der Waals surface area contributed by atoms with Gasteiger partial charge in [0.2, 0.25) is 5.91 Å². The van der Waals surface area contributed by atoms with Crippen molar-refractivity contribution in [3.63, 3.8) is 0 Å². The van der Waals surface area contributed by atoms with Gasteiger partial charge < -0.3 is 5.32 Å². The normalized spacial score (nSPS) is 22.8. The van der Waals surface area contributed by atoms with Crippen molar-refractivity contribution in [1.82, 2.24) is 0 Å². The predicted molar refractivity (Wildman–Crippen MR) is 95.2 cm³/mol.